The van der Waals surface area contributed by atoms with Crippen LogP contribution in [0.2, 0.25) is 5.02 Å². The molecule has 0 bridgehead atoms. The number of hydrogen-bond donors (Lipinski definition) is 1. The molecule has 3 nitrogen and oxygen atoms in total. The quantitative estimate of drug-likeness (QED) is 0.847. The van der Waals surface area contributed by atoms with E-state index in [1.165, 1.54) is 12.8 Å². The van der Waals surface area contributed by atoms with E-state index < -0.39 is 12.1 Å². The van der Waals surface area contributed by atoms with Gasteiger partial charge in [-0.1, -0.05) is 43.5 Å². The Bertz CT molecular complexity index is 493. The molecule has 1 fully saturated rings. The molecule has 1 unspecified atom stereocenters. The monoisotopic (exact) mass is 310 g/mol. The zero-order valence-electron chi connectivity index (χ0n) is 12.6. The van der Waals surface area contributed by atoms with E-state index in [1.54, 1.807) is 19.1 Å². The SMILES string of the molecule is CCOC(=O)C(O)c1ccc(C2CCC(C)CC2)c(Cl)c1. The Balaban J connectivity index is 2.12. The number of esters is 1. The maximum atomic E-state index is 11.6. The zero-order valence-corrected chi connectivity index (χ0v) is 13.4. The molecule has 1 atom stereocenters. The van der Waals surface area contributed by atoms with Crippen molar-refractivity contribution in [3.8, 4) is 0 Å². The summed E-state index contributed by atoms with van der Waals surface area (Å²) in [7, 11) is 0. The van der Waals surface area contributed by atoms with Gasteiger partial charge >= 0.3 is 5.97 Å². The lowest BCUT2D eigenvalue weighted by Crippen LogP contribution is -2.16. The molecule has 1 saturated carbocycles. The smallest absolute Gasteiger partial charge is 0.339 e. The molecule has 0 spiro atoms. The first kappa shape index (κ1) is 16.3. The Hall–Kier alpha value is -1.06. The predicted molar refractivity (Wildman–Crippen MR) is 83.4 cm³/mol. The average Bonchev–Trinajstić information content (AvgIpc) is 2.48. The van der Waals surface area contributed by atoms with Crippen molar-refractivity contribution in [2.24, 2.45) is 5.92 Å². The first-order valence-corrected chi connectivity index (χ1v) is 8.04. The summed E-state index contributed by atoms with van der Waals surface area (Å²) in [5, 5.41) is 10.6. The van der Waals surface area contributed by atoms with E-state index >= 15 is 0 Å². The second kappa shape index (κ2) is 7.28. The van der Waals surface area contributed by atoms with Crippen LogP contribution >= 0.6 is 11.6 Å². The van der Waals surface area contributed by atoms with Crippen LogP contribution in [0.5, 0.6) is 0 Å². The summed E-state index contributed by atoms with van der Waals surface area (Å²) in [5.74, 6) is 0.653. The van der Waals surface area contributed by atoms with E-state index in [0.29, 0.717) is 16.5 Å². The van der Waals surface area contributed by atoms with Gasteiger partial charge in [0.05, 0.1) is 6.61 Å². The summed E-state index contributed by atoms with van der Waals surface area (Å²) >= 11 is 6.36. The van der Waals surface area contributed by atoms with E-state index in [0.717, 1.165) is 24.3 Å². The first-order valence-electron chi connectivity index (χ1n) is 7.67. The molecule has 0 radical (unpaired) electrons. The van der Waals surface area contributed by atoms with Crippen LogP contribution in [0, 0.1) is 5.92 Å². The fraction of sp³-hybridized carbons (Fsp3) is 0.588. The highest BCUT2D eigenvalue weighted by Gasteiger charge is 2.24. The number of ether oxygens (including phenoxy) is 1. The molecule has 0 saturated heterocycles. The molecule has 0 aliphatic heterocycles. The van der Waals surface area contributed by atoms with Gasteiger partial charge in [0.2, 0.25) is 0 Å². The Kier molecular flexibility index (Phi) is 5.65. The fourth-order valence-corrected chi connectivity index (χ4v) is 3.32. The van der Waals surface area contributed by atoms with Gasteiger partial charge in [0.15, 0.2) is 6.10 Å². The van der Waals surface area contributed by atoms with Gasteiger partial charge in [-0.25, -0.2) is 4.79 Å². The van der Waals surface area contributed by atoms with E-state index in [4.69, 9.17) is 16.3 Å². The van der Waals surface area contributed by atoms with Gasteiger partial charge in [-0.15, -0.1) is 0 Å². The summed E-state index contributed by atoms with van der Waals surface area (Å²) in [4.78, 5) is 11.6. The largest absolute Gasteiger partial charge is 0.464 e. The Labute approximate surface area is 131 Å². The van der Waals surface area contributed by atoms with Gasteiger partial charge in [-0.3, -0.25) is 0 Å². The van der Waals surface area contributed by atoms with Crippen LogP contribution in [0.1, 0.15) is 62.7 Å². The molecule has 1 aliphatic carbocycles. The number of hydrogen-bond acceptors (Lipinski definition) is 3. The van der Waals surface area contributed by atoms with Crippen molar-refractivity contribution < 1.29 is 14.6 Å². The number of carbonyl (C=O) groups excluding carboxylic acids is 1. The Morgan fingerprint density at radius 3 is 2.62 bits per heavy atom. The Morgan fingerprint density at radius 2 is 2.05 bits per heavy atom. The van der Waals surface area contributed by atoms with Gasteiger partial charge in [0.25, 0.3) is 0 Å². The molecule has 116 valence electrons. The number of carbonyl (C=O) groups is 1. The van der Waals surface area contributed by atoms with Crippen LogP contribution in [0.15, 0.2) is 18.2 Å². The van der Waals surface area contributed by atoms with Crippen molar-refractivity contribution in [3.63, 3.8) is 0 Å². The van der Waals surface area contributed by atoms with Gasteiger partial charge in [0.1, 0.15) is 0 Å². The minimum atomic E-state index is -1.26. The maximum absolute atomic E-state index is 11.6. The van der Waals surface area contributed by atoms with Gasteiger partial charge in [-0.05, 0) is 48.8 Å². The molecular formula is C17H23ClO3. The molecule has 0 aromatic heterocycles. The highest BCUT2D eigenvalue weighted by atomic mass is 35.5. The molecule has 1 aromatic rings. The molecule has 0 amide bonds. The lowest BCUT2D eigenvalue weighted by Gasteiger charge is -2.27. The molecular weight excluding hydrogens is 288 g/mol. The minimum Gasteiger partial charge on any atom is -0.464 e. The summed E-state index contributed by atoms with van der Waals surface area (Å²) in [5.41, 5.74) is 1.62. The van der Waals surface area contributed by atoms with E-state index in [2.05, 4.69) is 6.92 Å². The van der Waals surface area contributed by atoms with E-state index in [9.17, 15) is 9.90 Å². The van der Waals surface area contributed by atoms with Crippen molar-refractivity contribution in [1.29, 1.82) is 0 Å². The molecule has 1 N–H and O–H groups in total. The molecule has 1 aliphatic rings. The highest BCUT2D eigenvalue weighted by Crippen LogP contribution is 2.39. The number of benzene rings is 1. The van der Waals surface area contributed by atoms with E-state index in [-0.39, 0.29) is 6.61 Å². The van der Waals surface area contributed by atoms with Crippen molar-refractivity contribution >= 4 is 17.6 Å². The molecule has 0 heterocycles. The third kappa shape index (κ3) is 3.98. The molecule has 4 heteroatoms. The normalized spacial score (nSPS) is 23.6. The van der Waals surface area contributed by atoms with Crippen LogP contribution in [-0.2, 0) is 9.53 Å². The van der Waals surface area contributed by atoms with Crippen molar-refractivity contribution in [2.45, 2.75) is 51.6 Å². The zero-order chi connectivity index (χ0) is 15.4. The number of aliphatic hydroxyl groups excluding tert-OH is 1. The minimum absolute atomic E-state index is 0.252. The molecule has 1 aromatic carbocycles. The van der Waals surface area contributed by atoms with Crippen LogP contribution < -0.4 is 0 Å². The van der Waals surface area contributed by atoms with Crippen molar-refractivity contribution in [3.05, 3.63) is 34.3 Å². The van der Waals surface area contributed by atoms with Crippen LogP contribution in [0.3, 0.4) is 0 Å². The Morgan fingerprint density at radius 1 is 1.38 bits per heavy atom. The lowest BCUT2D eigenvalue weighted by atomic mass is 9.79. The van der Waals surface area contributed by atoms with Crippen LogP contribution in [0.25, 0.3) is 0 Å². The summed E-state index contributed by atoms with van der Waals surface area (Å²) < 4.78 is 4.82. The predicted octanol–water partition coefficient (Wildman–Crippen LogP) is 4.23. The highest BCUT2D eigenvalue weighted by molar-refractivity contribution is 6.31. The second-order valence-electron chi connectivity index (χ2n) is 5.89. The first-order chi connectivity index (χ1) is 10.0. The van der Waals surface area contributed by atoms with Gasteiger partial charge in [-0.2, -0.15) is 0 Å². The third-order valence-corrected chi connectivity index (χ3v) is 4.63. The van der Waals surface area contributed by atoms with Gasteiger partial charge in [0, 0.05) is 5.02 Å². The third-order valence-electron chi connectivity index (χ3n) is 4.31. The topological polar surface area (TPSA) is 46.5 Å². The lowest BCUT2D eigenvalue weighted by molar-refractivity contribution is -0.153. The maximum Gasteiger partial charge on any atom is 0.339 e. The summed E-state index contributed by atoms with van der Waals surface area (Å²) in [6, 6.07) is 5.41. The summed E-state index contributed by atoms with van der Waals surface area (Å²) in [6.45, 7) is 4.25. The van der Waals surface area contributed by atoms with E-state index in [1.807, 2.05) is 6.07 Å². The van der Waals surface area contributed by atoms with Crippen LogP contribution in [0.4, 0.5) is 0 Å². The molecule has 21 heavy (non-hydrogen) atoms. The van der Waals surface area contributed by atoms with Crippen LogP contribution in [-0.4, -0.2) is 17.7 Å². The number of rotatable bonds is 4. The van der Waals surface area contributed by atoms with Gasteiger partial charge < -0.3 is 9.84 Å². The fourth-order valence-electron chi connectivity index (χ4n) is 2.97. The summed E-state index contributed by atoms with van der Waals surface area (Å²) in [6.07, 6.45) is 3.51. The standard InChI is InChI=1S/C17H23ClO3/c1-3-21-17(20)16(19)13-8-9-14(15(18)10-13)12-6-4-11(2)5-7-12/h8-12,16,19H,3-7H2,1-2H3. The second-order valence-corrected chi connectivity index (χ2v) is 6.30. The van der Waals surface area contributed by atoms with Crippen molar-refractivity contribution in [2.75, 3.05) is 6.61 Å². The average molecular weight is 311 g/mol. The number of aliphatic hydroxyl groups is 1. The number of halogens is 1. The molecule has 2 rings (SSSR count). The van der Waals surface area contributed by atoms with Crippen molar-refractivity contribution in [1.82, 2.24) is 0 Å².